The second kappa shape index (κ2) is 6.33. The van der Waals surface area contributed by atoms with Crippen LogP contribution < -0.4 is 11.1 Å². The Balaban J connectivity index is 2.13. The van der Waals surface area contributed by atoms with E-state index in [-0.39, 0.29) is 11.4 Å². The third-order valence-corrected chi connectivity index (χ3v) is 4.60. The number of amides is 1. The van der Waals surface area contributed by atoms with E-state index in [0.29, 0.717) is 34.9 Å². The van der Waals surface area contributed by atoms with Crippen molar-refractivity contribution in [1.82, 2.24) is 29.6 Å². The van der Waals surface area contributed by atoms with Crippen LogP contribution in [-0.2, 0) is 5.54 Å². The highest BCUT2D eigenvalue weighted by atomic mass is 16.1. The number of nitrogen functional groups attached to an aromatic ring is 1. The molecule has 3 heterocycles. The van der Waals surface area contributed by atoms with Gasteiger partial charge in [0.25, 0.3) is 5.91 Å². The summed E-state index contributed by atoms with van der Waals surface area (Å²) in [5.74, 6) is 0.702. The van der Waals surface area contributed by atoms with E-state index in [1.54, 1.807) is 0 Å². The maximum Gasteiger partial charge on any atom is 0.268 e. The predicted molar refractivity (Wildman–Crippen MR) is 110 cm³/mol. The number of carbonyl (C=O) groups is 1. The Hall–Kier alpha value is -3.42. The van der Waals surface area contributed by atoms with Crippen molar-refractivity contribution in [3.8, 4) is 5.82 Å². The van der Waals surface area contributed by atoms with Gasteiger partial charge in [-0.2, -0.15) is 5.10 Å². The summed E-state index contributed by atoms with van der Waals surface area (Å²) in [5, 5.41) is 9.28. The minimum absolute atomic E-state index is 0.174. The van der Waals surface area contributed by atoms with E-state index in [4.69, 9.17) is 10.8 Å². The molecule has 0 saturated heterocycles. The van der Waals surface area contributed by atoms with Gasteiger partial charge in [0.15, 0.2) is 11.5 Å². The van der Waals surface area contributed by atoms with E-state index in [9.17, 15) is 4.79 Å². The van der Waals surface area contributed by atoms with Crippen molar-refractivity contribution in [1.29, 1.82) is 0 Å². The third kappa shape index (κ3) is 2.69. The Morgan fingerprint density at radius 2 is 1.96 bits per heavy atom. The fraction of sp³-hybridized carbons (Fsp3) is 0.300. The lowest BCUT2D eigenvalue weighted by Gasteiger charge is -2.19. The molecule has 3 N–H and O–H groups in total. The highest BCUT2D eigenvalue weighted by molar-refractivity contribution is 6.02. The van der Waals surface area contributed by atoms with Crippen LogP contribution in [0.1, 0.15) is 38.2 Å². The predicted octanol–water partition coefficient (Wildman–Crippen LogP) is 2.86. The lowest BCUT2D eigenvalue weighted by molar-refractivity contribution is 0.0949. The number of fused-ring (bicyclic) bond motifs is 2. The minimum atomic E-state index is -0.327. The molecule has 0 saturated carbocycles. The van der Waals surface area contributed by atoms with Crippen LogP contribution in [0.3, 0.4) is 0 Å². The molecule has 3 aromatic heterocycles. The van der Waals surface area contributed by atoms with E-state index >= 15 is 0 Å². The number of rotatable bonds is 3. The van der Waals surface area contributed by atoms with Crippen LogP contribution in [-0.4, -0.2) is 36.8 Å². The topological polar surface area (TPSA) is 104 Å². The number of hydrogen-bond acceptors (Lipinski definition) is 5. The van der Waals surface area contributed by atoms with Crippen LogP contribution in [0.5, 0.6) is 0 Å². The van der Waals surface area contributed by atoms with Crippen LogP contribution in [0, 0.1) is 0 Å². The quantitative estimate of drug-likeness (QED) is 0.571. The first-order valence-corrected chi connectivity index (χ1v) is 9.21. The fourth-order valence-electron chi connectivity index (χ4n) is 3.38. The standard InChI is InChI=1S/C20H23N7O/c1-5-22-19(28)14-10-12-8-6-7-9-13(12)26(14)18-15-16(21)23-11-24-17(15)27(25-18)20(2,3)4/h6-11H,5H2,1-4H3,(H,22,28)(H2,21,23,24). The SMILES string of the molecule is CCNC(=O)c1cc2ccccc2n1-c1nn(C(C)(C)C)c2ncnc(N)c12. The van der Waals surface area contributed by atoms with Gasteiger partial charge in [0.1, 0.15) is 23.2 Å². The molecule has 0 spiro atoms. The van der Waals surface area contributed by atoms with Crippen LogP contribution in [0.15, 0.2) is 36.7 Å². The molecule has 28 heavy (non-hydrogen) atoms. The molecule has 0 radical (unpaired) electrons. The first kappa shape index (κ1) is 18.0. The second-order valence-electron chi connectivity index (χ2n) is 7.65. The normalized spacial score (nSPS) is 12.0. The number of nitrogens with two attached hydrogens (primary N) is 1. The zero-order chi connectivity index (χ0) is 20.1. The first-order chi connectivity index (χ1) is 13.3. The van der Waals surface area contributed by atoms with Gasteiger partial charge in [-0.3, -0.25) is 9.36 Å². The number of benzene rings is 1. The molecular formula is C20H23N7O. The molecule has 0 aliphatic carbocycles. The van der Waals surface area contributed by atoms with Crippen LogP contribution >= 0.6 is 0 Å². The smallest absolute Gasteiger partial charge is 0.268 e. The van der Waals surface area contributed by atoms with Gasteiger partial charge in [-0.05, 0) is 39.8 Å². The van der Waals surface area contributed by atoms with E-state index in [2.05, 4.69) is 15.3 Å². The van der Waals surface area contributed by atoms with Crippen LogP contribution in [0.4, 0.5) is 5.82 Å². The van der Waals surface area contributed by atoms with Crippen LogP contribution in [0.2, 0.25) is 0 Å². The van der Waals surface area contributed by atoms with Gasteiger partial charge in [-0.15, -0.1) is 0 Å². The Bertz CT molecular complexity index is 1200. The monoisotopic (exact) mass is 377 g/mol. The fourth-order valence-corrected chi connectivity index (χ4v) is 3.38. The summed E-state index contributed by atoms with van der Waals surface area (Å²) >= 11 is 0. The molecule has 0 bridgehead atoms. The average molecular weight is 377 g/mol. The molecule has 4 rings (SSSR count). The largest absolute Gasteiger partial charge is 0.383 e. The maximum atomic E-state index is 12.8. The van der Waals surface area contributed by atoms with Crippen LogP contribution in [0.25, 0.3) is 27.8 Å². The Morgan fingerprint density at radius 1 is 1.21 bits per heavy atom. The lowest BCUT2D eigenvalue weighted by Crippen LogP contribution is -2.26. The van der Waals surface area contributed by atoms with Gasteiger partial charge in [0, 0.05) is 11.9 Å². The Kier molecular flexibility index (Phi) is 4.06. The summed E-state index contributed by atoms with van der Waals surface area (Å²) < 4.78 is 3.66. The van der Waals surface area contributed by atoms with Crippen molar-refractivity contribution in [2.45, 2.75) is 33.2 Å². The van der Waals surface area contributed by atoms with Crippen molar-refractivity contribution in [2.75, 3.05) is 12.3 Å². The molecule has 1 amide bonds. The lowest BCUT2D eigenvalue weighted by atomic mass is 10.1. The van der Waals surface area contributed by atoms with Gasteiger partial charge in [-0.1, -0.05) is 18.2 Å². The summed E-state index contributed by atoms with van der Waals surface area (Å²) in [6, 6.07) is 9.67. The van der Waals surface area contributed by atoms with E-state index in [1.165, 1.54) is 6.33 Å². The number of nitrogens with one attached hydrogen (secondary N) is 1. The van der Waals surface area contributed by atoms with Gasteiger partial charge < -0.3 is 11.1 Å². The zero-order valence-electron chi connectivity index (χ0n) is 16.4. The zero-order valence-corrected chi connectivity index (χ0v) is 16.4. The molecule has 4 aromatic rings. The highest BCUT2D eigenvalue weighted by Gasteiger charge is 2.27. The number of aromatic nitrogens is 5. The molecule has 8 heteroatoms. The number of hydrogen-bond donors (Lipinski definition) is 2. The minimum Gasteiger partial charge on any atom is -0.383 e. The molecule has 0 aliphatic heterocycles. The summed E-state index contributed by atoms with van der Waals surface area (Å²) in [6.07, 6.45) is 1.43. The van der Waals surface area contributed by atoms with Gasteiger partial charge >= 0.3 is 0 Å². The number of nitrogens with zero attached hydrogens (tertiary/aromatic N) is 5. The van der Waals surface area contributed by atoms with Crippen molar-refractivity contribution in [2.24, 2.45) is 0 Å². The van der Waals surface area contributed by atoms with Crippen molar-refractivity contribution < 1.29 is 4.79 Å². The Morgan fingerprint density at radius 3 is 2.68 bits per heavy atom. The number of para-hydroxylation sites is 1. The van der Waals surface area contributed by atoms with E-state index in [1.807, 2.05) is 67.3 Å². The molecule has 0 unspecified atom stereocenters. The summed E-state index contributed by atoms with van der Waals surface area (Å²) in [6.45, 7) is 8.54. The van der Waals surface area contributed by atoms with E-state index < -0.39 is 0 Å². The van der Waals surface area contributed by atoms with Crippen molar-refractivity contribution in [3.63, 3.8) is 0 Å². The second-order valence-corrected chi connectivity index (χ2v) is 7.65. The Labute approximate surface area is 162 Å². The molecule has 0 fully saturated rings. The number of carbonyl (C=O) groups excluding carboxylic acids is 1. The molecule has 0 atom stereocenters. The van der Waals surface area contributed by atoms with Crippen molar-refractivity contribution >= 4 is 33.7 Å². The van der Waals surface area contributed by atoms with Crippen molar-refractivity contribution in [3.05, 3.63) is 42.4 Å². The van der Waals surface area contributed by atoms with Gasteiger partial charge in [0.05, 0.1) is 11.1 Å². The molecule has 0 aliphatic rings. The first-order valence-electron chi connectivity index (χ1n) is 9.21. The van der Waals surface area contributed by atoms with Gasteiger partial charge in [-0.25, -0.2) is 14.6 Å². The maximum absolute atomic E-state index is 12.8. The molecule has 144 valence electrons. The summed E-state index contributed by atoms with van der Waals surface area (Å²) in [5.41, 5.74) is 7.90. The van der Waals surface area contributed by atoms with E-state index in [0.717, 1.165) is 10.9 Å². The molecular weight excluding hydrogens is 354 g/mol. The highest BCUT2D eigenvalue weighted by Crippen LogP contribution is 2.32. The summed E-state index contributed by atoms with van der Waals surface area (Å²) in [4.78, 5) is 21.4. The third-order valence-electron chi connectivity index (χ3n) is 4.60. The number of anilines is 1. The molecule has 1 aromatic carbocycles. The molecule has 8 nitrogen and oxygen atoms in total. The summed E-state index contributed by atoms with van der Waals surface area (Å²) in [7, 11) is 0. The average Bonchev–Trinajstić information content (AvgIpc) is 3.21. The van der Waals surface area contributed by atoms with Gasteiger partial charge in [0.2, 0.25) is 0 Å².